The molecule has 0 spiro atoms. The zero-order valence-electron chi connectivity index (χ0n) is 10.9. The highest BCUT2D eigenvalue weighted by Crippen LogP contribution is 2.18. The monoisotopic (exact) mass is 258 g/mol. The smallest absolute Gasteiger partial charge is 0.277 e. The van der Waals surface area contributed by atoms with E-state index in [1.165, 1.54) is 17.5 Å². The van der Waals surface area contributed by atoms with Crippen LogP contribution in [-0.2, 0) is 6.54 Å². The SMILES string of the molecule is O=c1c2ccccc2nnn1CCCCNC1CC1. The first-order chi connectivity index (χ1) is 9.34. The Balaban J connectivity index is 1.60. The third-order valence-corrected chi connectivity index (χ3v) is 3.44. The van der Waals surface area contributed by atoms with Gasteiger partial charge in [0.1, 0.15) is 5.52 Å². The highest BCUT2D eigenvalue weighted by atomic mass is 16.1. The van der Waals surface area contributed by atoms with Crippen LogP contribution >= 0.6 is 0 Å². The van der Waals surface area contributed by atoms with Gasteiger partial charge in [0, 0.05) is 12.6 Å². The maximum absolute atomic E-state index is 12.2. The van der Waals surface area contributed by atoms with E-state index in [2.05, 4.69) is 15.6 Å². The first kappa shape index (κ1) is 12.3. The predicted molar refractivity (Wildman–Crippen MR) is 74.1 cm³/mol. The normalized spacial score (nSPS) is 14.9. The number of rotatable bonds is 6. The Kier molecular flexibility index (Phi) is 3.55. The summed E-state index contributed by atoms with van der Waals surface area (Å²) in [6, 6.07) is 8.09. The number of unbranched alkanes of at least 4 members (excludes halogenated alkanes) is 1. The van der Waals surface area contributed by atoms with Crippen molar-refractivity contribution in [3.63, 3.8) is 0 Å². The summed E-state index contributed by atoms with van der Waals surface area (Å²) in [6.45, 7) is 1.67. The van der Waals surface area contributed by atoms with Gasteiger partial charge in [0.25, 0.3) is 5.56 Å². The number of aromatic nitrogens is 3. The zero-order chi connectivity index (χ0) is 13.1. The minimum absolute atomic E-state index is 0.0410. The molecule has 0 atom stereocenters. The minimum atomic E-state index is -0.0410. The standard InChI is InChI=1S/C14H18N4O/c19-14-12-5-1-2-6-13(12)16-17-18(14)10-4-3-9-15-11-7-8-11/h1-2,5-6,11,15H,3-4,7-10H2. The van der Waals surface area contributed by atoms with Crippen LogP contribution in [0.25, 0.3) is 10.9 Å². The lowest BCUT2D eigenvalue weighted by Gasteiger charge is -2.05. The molecule has 1 saturated carbocycles. The molecule has 1 heterocycles. The molecule has 1 aromatic heterocycles. The van der Waals surface area contributed by atoms with Crippen LogP contribution in [-0.4, -0.2) is 27.6 Å². The molecule has 1 aliphatic carbocycles. The van der Waals surface area contributed by atoms with Gasteiger partial charge in [-0.3, -0.25) is 4.79 Å². The Morgan fingerprint density at radius 1 is 1.26 bits per heavy atom. The van der Waals surface area contributed by atoms with Crippen LogP contribution in [0.1, 0.15) is 25.7 Å². The lowest BCUT2D eigenvalue weighted by Crippen LogP contribution is -2.25. The van der Waals surface area contributed by atoms with Crippen LogP contribution in [0.15, 0.2) is 29.1 Å². The number of fused-ring (bicyclic) bond motifs is 1. The summed E-state index contributed by atoms with van der Waals surface area (Å²) in [5.41, 5.74) is 0.625. The van der Waals surface area contributed by atoms with Crippen LogP contribution in [0.5, 0.6) is 0 Å². The van der Waals surface area contributed by atoms with Crippen molar-refractivity contribution in [2.24, 2.45) is 0 Å². The number of nitrogens with one attached hydrogen (secondary N) is 1. The predicted octanol–water partition coefficient (Wildman–Crippen LogP) is 1.32. The van der Waals surface area contributed by atoms with Crippen LogP contribution in [0.2, 0.25) is 0 Å². The molecule has 5 nitrogen and oxygen atoms in total. The highest BCUT2D eigenvalue weighted by Gasteiger charge is 2.19. The number of nitrogens with zero attached hydrogens (tertiary/aromatic N) is 3. The van der Waals surface area contributed by atoms with E-state index in [9.17, 15) is 4.79 Å². The average Bonchev–Trinajstić information content (AvgIpc) is 3.25. The lowest BCUT2D eigenvalue weighted by molar-refractivity contribution is 0.499. The van der Waals surface area contributed by atoms with Crippen LogP contribution in [0.3, 0.4) is 0 Å². The Bertz CT molecular complexity index is 618. The molecule has 2 aromatic rings. The number of hydrogen-bond acceptors (Lipinski definition) is 4. The van der Waals surface area contributed by atoms with E-state index in [-0.39, 0.29) is 5.56 Å². The average molecular weight is 258 g/mol. The van der Waals surface area contributed by atoms with Gasteiger partial charge in [0.05, 0.1) is 5.39 Å². The molecular weight excluding hydrogens is 240 g/mol. The van der Waals surface area contributed by atoms with Gasteiger partial charge in [-0.05, 0) is 44.4 Å². The first-order valence-electron chi connectivity index (χ1n) is 6.90. The third kappa shape index (κ3) is 2.98. The second kappa shape index (κ2) is 5.48. The maximum Gasteiger partial charge on any atom is 0.277 e. The molecule has 100 valence electrons. The van der Waals surface area contributed by atoms with Crippen molar-refractivity contribution in [2.45, 2.75) is 38.3 Å². The maximum atomic E-state index is 12.2. The molecule has 19 heavy (non-hydrogen) atoms. The fraction of sp³-hybridized carbons (Fsp3) is 0.500. The quantitative estimate of drug-likeness (QED) is 0.794. The number of hydrogen-bond donors (Lipinski definition) is 1. The van der Waals surface area contributed by atoms with Crippen LogP contribution in [0, 0.1) is 0 Å². The van der Waals surface area contributed by atoms with Gasteiger partial charge in [0.15, 0.2) is 0 Å². The summed E-state index contributed by atoms with van der Waals surface area (Å²) in [4.78, 5) is 12.2. The third-order valence-electron chi connectivity index (χ3n) is 3.44. The van der Waals surface area contributed by atoms with Crippen LogP contribution < -0.4 is 10.9 Å². The molecule has 0 aliphatic heterocycles. The molecule has 0 unspecified atom stereocenters. The van der Waals surface area contributed by atoms with E-state index in [1.54, 1.807) is 6.07 Å². The summed E-state index contributed by atoms with van der Waals surface area (Å²) >= 11 is 0. The van der Waals surface area contributed by atoms with Crippen molar-refractivity contribution in [3.8, 4) is 0 Å². The molecule has 1 aromatic carbocycles. The van der Waals surface area contributed by atoms with Crippen molar-refractivity contribution in [3.05, 3.63) is 34.6 Å². The summed E-state index contributed by atoms with van der Waals surface area (Å²) in [5.74, 6) is 0. The summed E-state index contributed by atoms with van der Waals surface area (Å²) in [7, 11) is 0. The zero-order valence-corrected chi connectivity index (χ0v) is 10.9. The first-order valence-corrected chi connectivity index (χ1v) is 6.90. The van der Waals surface area contributed by atoms with Gasteiger partial charge in [-0.1, -0.05) is 17.3 Å². The molecular formula is C14H18N4O. The number of aryl methyl sites for hydroxylation is 1. The molecule has 1 fully saturated rings. The Morgan fingerprint density at radius 2 is 2.11 bits per heavy atom. The Labute approximate surface area is 111 Å². The van der Waals surface area contributed by atoms with Crippen molar-refractivity contribution in [1.82, 2.24) is 20.3 Å². The fourth-order valence-electron chi connectivity index (χ4n) is 2.15. The van der Waals surface area contributed by atoms with Gasteiger partial charge in [-0.15, -0.1) is 5.10 Å². The van der Waals surface area contributed by atoms with Crippen molar-refractivity contribution in [2.75, 3.05) is 6.54 Å². The van der Waals surface area contributed by atoms with E-state index in [0.29, 0.717) is 17.4 Å². The minimum Gasteiger partial charge on any atom is -0.314 e. The van der Waals surface area contributed by atoms with E-state index >= 15 is 0 Å². The fourth-order valence-corrected chi connectivity index (χ4v) is 2.15. The molecule has 0 radical (unpaired) electrons. The highest BCUT2D eigenvalue weighted by molar-refractivity contribution is 5.76. The van der Waals surface area contributed by atoms with Gasteiger partial charge in [0.2, 0.25) is 0 Å². The molecule has 0 saturated heterocycles. The molecule has 1 N–H and O–H groups in total. The lowest BCUT2D eigenvalue weighted by atomic mass is 10.2. The van der Waals surface area contributed by atoms with Gasteiger partial charge in [-0.2, -0.15) is 0 Å². The summed E-state index contributed by atoms with van der Waals surface area (Å²) < 4.78 is 1.47. The number of benzene rings is 1. The molecule has 3 rings (SSSR count). The van der Waals surface area contributed by atoms with Gasteiger partial charge < -0.3 is 5.32 Å². The molecule has 0 bridgehead atoms. The van der Waals surface area contributed by atoms with Crippen molar-refractivity contribution < 1.29 is 0 Å². The van der Waals surface area contributed by atoms with E-state index in [0.717, 1.165) is 25.4 Å². The summed E-state index contributed by atoms with van der Waals surface area (Å²) in [6.07, 6.45) is 4.65. The van der Waals surface area contributed by atoms with E-state index < -0.39 is 0 Å². The van der Waals surface area contributed by atoms with E-state index in [4.69, 9.17) is 0 Å². The van der Waals surface area contributed by atoms with E-state index in [1.807, 2.05) is 18.2 Å². The topological polar surface area (TPSA) is 59.8 Å². The van der Waals surface area contributed by atoms with Crippen LogP contribution in [0.4, 0.5) is 0 Å². The summed E-state index contributed by atoms with van der Waals surface area (Å²) in [5, 5.41) is 12.2. The van der Waals surface area contributed by atoms with Crippen molar-refractivity contribution >= 4 is 10.9 Å². The second-order valence-electron chi connectivity index (χ2n) is 5.07. The molecule has 5 heteroatoms. The van der Waals surface area contributed by atoms with Crippen molar-refractivity contribution in [1.29, 1.82) is 0 Å². The largest absolute Gasteiger partial charge is 0.314 e. The van der Waals surface area contributed by atoms with Gasteiger partial charge in [-0.25, -0.2) is 4.68 Å². The molecule has 1 aliphatic rings. The Morgan fingerprint density at radius 3 is 2.95 bits per heavy atom. The van der Waals surface area contributed by atoms with Gasteiger partial charge >= 0.3 is 0 Å². The second-order valence-corrected chi connectivity index (χ2v) is 5.07. The Hall–Kier alpha value is -1.75. The molecule has 0 amide bonds.